The number of nitrogen functional groups attached to an aromatic ring is 1. The van der Waals surface area contributed by atoms with E-state index in [4.69, 9.17) is 25.4 Å². The van der Waals surface area contributed by atoms with Gasteiger partial charge in [-0.3, -0.25) is 4.57 Å². The Morgan fingerprint density at radius 3 is 2.68 bits per heavy atom. The third-order valence-electron chi connectivity index (χ3n) is 3.02. The maximum atomic E-state index is 11.7. The number of nitrogens with two attached hydrogens (primary N) is 1. The van der Waals surface area contributed by atoms with Crippen LogP contribution in [0.1, 0.15) is 6.23 Å². The third kappa shape index (κ3) is 3.04. The lowest BCUT2D eigenvalue weighted by Crippen LogP contribution is -2.51. The summed E-state index contributed by atoms with van der Waals surface area (Å²) in [6.45, 7) is -0.943. The van der Waals surface area contributed by atoms with Crippen LogP contribution < -0.4 is 11.4 Å². The Morgan fingerprint density at radius 2 is 2.18 bits per heavy atom. The Labute approximate surface area is 122 Å². The van der Waals surface area contributed by atoms with E-state index >= 15 is 0 Å². The van der Waals surface area contributed by atoms with E-state index in [-0.39, 0.29) is 5.82 Å². The molecule has 13 heteroatoms. The van der Waals surface area contributed by atoms with Crippen LogP contribution in [0.3, 0.4) is 0 Å². The first-order valence-corrected chi connectivity index (χ1v) is 7.39. The van der Waals surface area contributed by atoms with Crippen LogP contribution in [0.5, 0.6) is 0 Å². The van der Waals surface area contributed by atoms with Crippen LogP contribution in [0.15, 0.2) is 17.1 Å². The van der Waals surface area contributed by atoms with Crippen molar-refractivity contribution in [3.05, 3.63) is 22.7 Å². The topological polar surface area (TPSA) is 198 Å². The summed E-state index contributed by atoms with van der Waals surface area (Å²) in [7, 11) is -5.23. The molecule has 1 saturated heterocycles. The number of ether oxygens (including phenoxy) is 1. The van der Waals surface area contributed by atoms with Gasteiger partial charge in [0.2, 0.25) is 5.79 Å². The van der Waals surface area contributed by atoms with Gasteiger partial charge in [0, 0.05) is 6.20 Å². The Hall–Kier alpha value is -1.37. The average molecular weight is 339 g/mol. The molecule has 124 valence electrons. The zero-order valence-corrected chi connectivity index (χ0v) is 11.8. The van der Waals surface area contributed by atoms with Gasteiger partial charge in [-0.1, -0.05) is 0 Å². The minimum atomic E-state index is -5.23. The second-order valence-electron chi connectivity index (χ2n) is 4.52. The molecular weight excluding hydrogens is 325 g/mol. The van der Waals surface area contributed by atoms with Gasteiger partial charge in [0.05, 0.1) is 6.61 Å². The molecule has 1 aliphatic heterocycles. The minimum absolute atomic E-state index is 0.103. The summed E-state index contributed by atoms with van der Waals surface area (Å²) in [5.41, 5.74) is 4.36. The molecule has 1 aromatic heterocycles. The van der Waals surface area contributed by atoms with E-state index in [2.05, 4.69) is 9.51 Å². The van der Waals surface area contributed by atoms with Gasteiger partial charge in [-0.15, -0.1) is 0 Å². The Morgan fingerprint density at radius 1 is 1.55 bits per heavy atom. The van der Waals surface area contributed by atoms with Gasteiger partial charge < -0.3 is 35.6 Å². The highest BCUT2D eigenvalue weighted by Crippen LogP contribution is 2.48. The van der Waals surface area contributed by atoms with Crippen molar-refractivity contribution in [3.63, 3.8) is 0 Å². The molecule has 1 fully saturated rings. The lowest BCUT2D eigenvalue weighted by atomic mass is 10.1. The summed E-state index contributed by atoms with van der Waals surface area (Å²) in [5, 5.41) is 29.3. The Kier molecular flexibility index (Phi) is 4.39. The first-order chi connectivity index (χ1) is 10.1. The predicted molar refractivity (Wildman–Crippen MR) is 68.0 cm³/mol. The van der Waals surface area contributed by atoms with E-state index in [1.54, 1.807) is 0 Å². The average Bonchev–Trinajstić information content (AvgIpc) is 2.60. The third-order valence-corrected chi connectivity index (χ3v) is 3.55. The van der Waals surface area contributed by atoms with Gasteiger partial charge in [-0.25, -0.2) is 13.9 Å². The van der Waals surface area contributed by atoms with Crippen molar-refractivity contribution in [2.45, 2.75) is 24.2 Å². The van der Waals surface area contributed by atoms with Crippen LogP contribution in [-0.2, 0) is 13.8 Å². The van der Waals surface area contributed by atoms with E-state index < -0.39 is 44.3 Å². The van der Waals surface area contributed by atoms with Gasteiger partial charge in [-0.05, 0) is 6.07 Å². The van der Waals surface area contributed by atoms with Crippen molar-refractivity contribution in [2.75, 3.05) is 12.3 Å². The molecule has 7 N–H and O–H groups in total. The molecule has 1 aromatic rings. The Bertz CT molecular complexity index is 660. The lowest BCUT2D eigenvalue weighted by molar-refractivity contribution is -0.224. The molecule has 2 heterocycles. The fourth-order valence-corrected chi connectivity index (χ4v) is 2.66. The lowest BCUT2D eigenvalue weighted by Gasteiger charge is -2.29. The van der Waals surface area contributed by atoms with Gasteiger partial charge in [-0.2, -0.15) is 4.98 Å². The Balaban J connectivity index is 2.41. The molecular formula is C9H14N3O9P. The molecule has 4 atom stereocenters. The molecule has 0 spiro atoms. The summed E-state index contributed by atoms with van der Waals surface area (Å²) < 4.78 is 20.8. The van der Waals surface area contributed by atoms with Crippen LogP contribution in [-0.4, -0.2) is 59.3 Å². The molecule has 0 radical (unpaired) electrons. The number of hydrogen-bond acceptors (Lipinski definition) is 9. The van der Waals surface area contributed by atoms with E-state index in [0.717, 1.165) is 10.8 Å². The normalized spacial score (nSPS) is 32.3. The largest absolute Gasteiger partial charge is 0.472 e. The highest BCUT2D eigenvalue weighted by Gasteiger charge is 2.60. The molecule has 0 saturated carbocycles. The first-order valence-electron chi connectivity index (χ1n) is 5.86. The SMILES string of the molecule is Nc1ccn([C@@H]2O[C@H](CO)[C@](O)(OP(=O)(O)O)[C@@H]2O)c(=O)n1. The summed E-state index contributed by atoms with van der Waals surface area (Å²) in [4.78, 5) is 32.7. The molecule has 0 amide bonds. The highest BCUT2D eigenvalue weighted by atomic mass is 31.2. The first kappa shape index (κ1) is 17.0. The number of aliphatic hydroxyl groups is 3. The molecule has 22 heavy (non-hydrogen) atoms. The number of phosphoric acid groups is 1. The van der Waals surface area contributed by atoms with Crippen LogP contribution in [0.2, 0.25) is 0 Å². The molecule has 0 aromatic carbocycles. The number of phosphoric ester groups is 1. The standard InChI is InChI=1S/C9H14N3O9P/c10-5-1-2-12(8(15)11-5)7-6(14)9(16,4(3-13)20-7)21-22(17,18)19/h1-2,4,6-7,13-14,16H,3H2,(H2,10,11,15)(H2,17,18,19)/t4-,6-,7-,9+/m1/s1. The summed E-state index contributed by atoms with van der Waals surface area (Å²) >= 11 is 0. The summed E-state index contributed by atoms with van der Waals surface area (Å²) in [6.07, 6.45) is -4.32. The van der Waals surface area contributed by atoms with Crippen molar-refractivity contribution in [1.29, 1.82) is 0 Å². The number of hydrogen-bond donors (Lipinski definition) is 6. The van der Waals surface area contributed by atoms with Crippen molar-refractivity contribution in [3.8, 4) is 0 Å². The molecule has 12 nitrogen and oxygen atoms in total. The van der Waals surface area contributed by atoms with Crippen LogP contribution >= 0.6 is 7.82 Å². The molecule has 2 rings (SSSR count). The molecule has 0 aliphatic carbocycles. The summed E-state index contributed by atoms with van der Waals surface area (Å²) in [6, 6.07) is 1.20. The summed E-state index contributed by atoms with van der Waals surface area (Å²) in [5.74, 6) is -3.03. The number of aliphatic hydroxyl groups excluding tert-OH is 2. The van der Waals surface area contributed by atoms with Gasteiger partial charge in [0.25, 0.3) is 0 Å². The van der Waals surface area contributed by atoms with Gasteiger partial charge in [0.15, 0.2) is 12.3 Å². The fraction of sp³-hybridized carbons (Fsp3) is 0.556. The van der Waals surface area contributed by atoms with Crippen LogP contribution in [0, 0.1) is 0 Å². The van der Waals surface area contributed by atoms with Crippen LogP contribution in [0.25, 0.3) is 0 Å². The highest BCUT2D eigenvalue weighted by molar-refractivity contribution is 7.46. The molecule has 0 bridgehead atoms. The maximum Gasteiger partial charge on any atom is 0.472 e. The number of anilines is 1. The quantitative estimate of drug-likeness (QED) is 0.239. The number of rotatable bonds is 4. The minimum Gasteiger partial charge on any atom is -0.393 e. The van der Waals surface area contributed by atoms with Gasteiger partial charge >= 0.3 is 13.5 Å². The van der Waals surface area contributed by atoms with E-state index in [1.165, 1.54) is 6.07 Å². The van der Waals surface area contributed by atoms with Crippen LogP contribution in [0.4, 0.5) is 5.82 Å². The van der Waals surface area contributed by atoms with Crippen molar-refractivity contribution in [1.82, 2.24) is 9.55 Å². The van der Waals surface area contributed by atoms with Crippen molar-refractivity contribution < 1.29 is 38.9 Å². The van der Waals surface area contributed by atoms with Crippen molar-refractivity contribution >= 4 is 13.6 Å². The maximum absolute atomic E-state index is 11.7. The van der Waals surface area contributed by atoms with Crippen molar-refractivity contribution in [2.24, 2.45) is 0 Å². The number of aromatic nitrogens is 2. The van der Waals surface area contributed by atoms with E-state index in [0.29, 0.717) is 0 Å². The molecule has 1 aliphatic rings. The van der Waals surface area contributed by atoms with E-state index in [9.17, 15) is 19.6 Å². The second kappa shape index (κ2) is 5.68. The monoisotopic (exact) mass is 339 g/mol. The molecule has 0 unspecified atom stereocenters. The zero-order valence-electron chi connectivity index (χ0n) is 10.9. The predicted octanol–water partition coefficient (Wildman–Crippen LogP) is -3.13. The van der Waals surface area contributed by atoms with Gasteiger partial charge in [0.1, 0.15) is 11.9 Å². The zero-order chi connectivity index (χ0) is 16.7. The second-order valence-corrected chi connectivity index (χ2v) is 5.68. The fourth-order valence-electron chi connectivity index (χ4n) is 2.05. The smallest absolute Gasteiger partial charge is 0.393 e. The number of nitrogens with zero attached hydrogens (tertiary/aromatic N) is 2. The van der Waals surface area contributed by atoms with E-state index in [1.807, 2.05) is 0 Å².